The Labute approximate surface area is 115 Å². The number of alkyl halides is 3. The Morgan fingerprint density at radius 2 is 2.05 bits per heavy atom. The predicted octanol–water partition coefficient (Wildman–Crippen LogP) is 3.64. The van der Waals surface area contributed by atoms with Crippen LogP contribution in [-0.2, 0) is 6.18 Å². The van der Waals surface area contributed by atoms with Gasteiger partial charge < -0.3 is 10.0 Å². The van der Waals surface area contributed by atoms with Gasteiger partial charge in [-0.15, -0.1) is 0 Å². The van der Waals surface area contributed by atoms with Crippen LogP contribution in [0.25, 0.3) is 0 Å². The van der Waals surface area contributed by atoms with Crippen molar-refractivity contribution in [3.05, 3.63) is 29.3 Å². The number of carboxylic acid groups (broad SMARTS) is 1. The van der Waals surface area contributed by atoms with E-state index >= 15 is 0 Å². The summed E-state index contributed by atoms with van der Waals surface area (Å²) in [5.41, 5.74) is -0.858. The fourth-order valence-electron chi connectivity index (χ4n) is 2.17. The zero-order valence-electron chi connectivity index (χ0n) is 11.1. The van der Waals surface area contributed by atoms with E-state index in [2.05, 4.69) is 0 Å². The van der Waals surface area contributed by atoms with Gasteiger partial charge in [-0.1, -0.05) is 0 Å². The molecule has 1 aromatic rings. The maximum atomic E-state index is 12.7. The van der Waals surface area contributed by atoms with Crippen molar-refractivity contribution < 1.29 is 23.1 Å². The minimum absolute atomic E-state index is 0.290. The highest BCUT2D eigenvalue weighted by molar-refractivity contribution is 5.94. The second-order valence-electron chi connectivity index (χ2n) is 5.02. The Balaban J connectivity index is 2.38. The molecule has 0 spiro atoms. The lowest BCUT2D eigenvalue weighted by atomic mass is 10.1. The normalized spacial score (nSPS) is 15.2. The van der Waals surface area contributed by atoms with Crippen LogP contribution in [0.5, 0.6) is 0 Å². The van der Waals surface area contributed by atoms with E-state index in [1.165, 1.54) is 6.07 Å². The standard InChI is InChI=1S/C14H16F3NO2/c1-2-18(8-9-3-4-9)12-6-5-10(14(15,16)17)7-11(12)13(19)20/h5-7,9H,2-4,8H2,1H3,(H,19,20). The number of hydrogen-bond acceptors (Lipinski definition) is 2. The number of aromatic carboxylic acids is 1. The molecule has 0 heterocycles. The van der Waals surface area contributed by atoms with Crippen LogP contribution in [0, 0.1) is 5.92 Å². The van der Waals surface area contributed by atoms with E-state index in [1.807, 2.05) is 11.8 Å². The van der Waals surface area contributed by atoms with Crippen molar-refractivity contribution in [3.8, 4) is 0 Å². The van der Waals surface area contributed by atoms with E-state index < -0.39 is 17.7 Å². The summed E-state index contributed by atoms with van der Waals surface area (Å²) in [6.45, 7) is 3.13. The van der Waals surface area contributed by atoms with Crippen LogP contribution >= 0.6 is 0 Å². The van der Waals surface area contributed by atoms with Gasteiger partial charge in [-0.3, -0.25) is 0 Å². The molecule has 0 saturated heterocycles. The molecule has 0 unspecified atom stereocenters. The maximum Gasteiger partial charge on any atom is 0.416 e. The molecule has 1 aliphatic rings. The largest absolute Gasteiger partial charge is 0.478 e. The number of nitrogens with zero attached hydrogens (tertiary/aromatic N) is 1. The van der Waals surface area contributed by atoms with Crippen LogP contribution in [0.1, 0.15) is 35.7 Å². The highest BCUT2D eigenvalue weighted by Gasteiger charge is 2.33. The minimum atomic E-state index is -4.53. The number of anilines is 1. The number of carboxylic acids is 1. The molecular formula is C14H16F3NO2. The number of hydrogen-bond donors (Lipinski definition) is 1. The second-order valence-corrected chi connectivity index (χ2v) is 5.02. The van der Waals surface area contributed by atoms with Crippen molar-refractivity contribution in [3.63, 3.8) is 0 Å². The molecule has 110 valence electrons. The topological polar surface area (TPSA) is 40.5 Å². The van der Waals surface area contributed by atoms with E-state index in [1.54, 1.807) is 0 Å². The molecule has 1 aromatic carbocycles. The van der Waals surface area contributed by atoms with Gasteiger partial charge in [-0.05, 0) is 43.9 Å². The summed E-state index contributed by atoms with van der Waals surface area (Å²) in [6, 6.07) is 2.92. The third kappa shape index (κ3) is 3.23. The zero-order valence-corrected chi connectivity index (χ0v) is 11.1. The van der Waals surface area contributed by atoms with Crippen LogP contribution in [0.4, 0.5) is 18.9 Å². The molecular weight excluding hydrogens is 271 g/mol. The van der Waals surface area contributed by atoms with Crippen LogP contribution in [0.3, 0.4) is 0 Å². The number of benzene rings is 1. The quantitative estimate of drug-likeness (QED) is 0.898. The number of carbonyl (C=O) groups is 1. The smallest absolute Gasteiger partial charge is 0.416 e. The first-order chi connectivity index (χ1) is 9.32. The van der Waals surface area contributed by atoms with Crippen molar-refractivity contribution in [2.24, 2.45) is 5.92 Å². The Morgan fingerprint density at radius 3 is 2.50 bits per heavy atom. The van der Waals surface area contributed by atoms with Crippen molar-refractivity contribution in [1.82, 2.24) is 0 Å². The number of halogens is 3. The molecule has 20 heavy (non-hydrogen) atoms. The lowest BCUT2D eigenvalue weighted by Gasteiger charge is -2.25. The monoisotopic (exact) mass is 287 g/mol. The summed E-state index contributed by atoms with van der Waals surface area (Å²) in [5, 5.41) is 9.16. The van der Waals surface area contributed by atoms with Crippen molar-refractivity contribution in [1.29, 1.82) is 0 Å². The summed E-state index contributed by atoms with van der Waals surface area (Å²) in [7, 11) is 0. The maximum absolute atomic E-state index is 12.7. The molecule has 3 nitrogen and oxygen atoms in total. The van der Waals surface area contributed by atoms with Gasteiger partial charge in [-0.2, -0.15) is 13.2 Å². The predicted molar refractivity (Wildman–Crippen MR) is 69.0 cm³/mol. The average Bonchev–Trinajstić information content (AvgIpc) is 3.18. The molecule has 0 aromatic heterocycles. The fraction of sp³-hybridized carbons (Fsp3) is 0.500. The molecule has 0 radical (unpaired) electrons. The zero-order chi connectivity index (χ0) is 14.9. The van der Waals surface area contributed by atoms with Crippen LogP contribution < -0.4 is 4.90 Å². The summed E-state index contributed by atoms with van der Waals surface area (Å²) < 4.78 is 38.0. The highest BCUT2D eigenvalue weighted by Crippen LogP contribution is 2.35. The van der Waals surface area contributed by atoms with Crippen LogP contribution in [-0.4, -0.2) is 24.2 Å². The van der Waals surface area contributed by atoms with Gasteiger partial charge in [0, 0.05) is 13.1 Å². The van der Waals surface area contributed by atoms with E-state index in [4.69, 9.17) is 5.11 Å². The van der Waals surface area contributed by atoms with Crippen molar-refractivity contribution in [2.45, 2.75) is 25.9 Å². The van der Waals surface area contributed by atoms with Gasteiger partial charge in [0.1, 0.15) is 0 Å². The van der Waals surface area contributed by atoms with Gasteiger partial charge >= 0.3 is 12.1 Å². The van der Waals surface area contributed by atoms with E-state index in [9.17, 15) is 18.0 Å². The first kappa shape index (κ1) is 14.7. The highest BCUT2D eigenvalue weighted by atomic mass is 19.4. The van der Waals surface area contributed by atoms with Gasteiger partial charge in [0.25, 0.3) is 0 Å². The average molecular weight is 287 g/mol. The lowest BCUT2D eigenvalue weighted by Crippen LogP contribution is -2.27. The molecule has 1 fully saturated rings. The molecule has 0 atom stereocenters. The van der Waals surface area contributed by atoms with Gasteiger partial charge in [-0.25, -0.2) is 4.79 Å². The van der Waals surface area contributed by atoms with Crippen LogP contribution in [0.2, 0.25) is 0 Å². The second kappa shape index (κ2) is 5.34. The Morgan fingerprint density at radius 1 is 1.40 bits per heavy atom. The Kier molecular flexibility index (Phi) is 3.92. The summed E-state index contributed by atoms with van der Waals surface area (Å²) in [5.74, 6) is -0.806. The van der Waals surface area contributed by atoms with Gasteiger partial charge in [0.2, 0.25) is 0 Å². The lowest BCUT2D eigenvalue weighted by molar-refractivity contribution is -0.137. The summed E-state index contributed by atoms with van der Waals surface area (Å²) >= 11 is 0. The fourth-order valence-corrected chi connectivity index (χ4v) is 2.17. The summed E-state index contributed by atoms with van der Waals surface area (Å²) in [4.78, 5) is 13.1. The Hall–Kier alpha value is -1.72. The molecule has 0 aliphatic heterocycles. The van der Waals surface area contributed by atoms with Gasteiger partial charge in [0.05, 0.1) is 16.8 Å². The minimum Gasteiger partial charge on any atom is -0.478 e. The molecule has 1 saturated carbocycles. The number of rotatable bonds is 5. The van der Waals surface area contributed by atoms with E-state index in [0.717, 1.165) is 18.9 Å². The van der Waals surface area contributed by atoms with Crippen LogP contribution in [0.15, 0.2) is 18.2 Å². The Bertz CT molecular complexity index is 510. The van der Waals surface area contributed by atoms with Crippen molar-refractivity contribution >= 4 is 11.7 Å². The summed E-state index contributed by atoms with van der Waals surface area (Å²) in [6.07, 6.45) is -2.34. The SMILES string of the molecule is CCN(CC1CC1)c1ccc(C(F)(F)F)cc1C(=O)O. The third-order valence-electron chi connectivity index (χ3n) is 3.45. The van der Waals surface area contributed by atoms with Crippen molar-refractivity contribution in [2.75, 3.05) is 18.0 Å². The van der Waals surface area contributed by atoms with Gasteiger partial charge in [0.15, 0.2) is 0 Å². The van der Waals surface area contributed by atoms with E-state index in [0.29, 0.717) is 30.8 Å². The first-order valence-electron chi connectivity index (χ1n) is 6.52. The molecule has 2 rings (SSSR count). The first-order valence-corrected chi connectivity index (χ1v) is 6.52. The molecule has 0 amide bonds. The molecule has 6 heteroatoms. The molecule has 1 N–H and O–H groups in total. The third-order valence-corrected chi connectivity index (χ3v) is 3.45. The van der Waals surface area contributed by atoms with E-state index in [-0.39, 0.29) is 5.56 Å². The molecule has 1 aliphatic carbocycles. The molecule has 0 bridgehead atoms.